The van der Waals surface area contributed by atoms with Crippen molar-refractivity contribution in [3.05, 3.63) is 53.2 Å². The van der Waals surface area contributed by atoms with Crippen LogP contribution in [0.4, 0.5) is 0 Å². The van der Waals surface area contributed by atoms with Gasteiger partial charge in [-0.25, -0.2) is 0 Å². The third kappa shape index (κ3) is 3.81. The van der Waals surface area contributed by atoms with Gasteiger partial charge in [0.1, 0.15) is 17.4 Å². The maximum absolute atomic E-state index is 12.6. The number of carbonyl (C=O) groups is 1. The van der Waals surface area contributed by atoms with E-state index in [9.17, 15) is 4.79 Å². The Morgan fingerprint density at radius 2 is 2.22 bits per heavy atom. The summed E-state index contributed by atoms with van der Waals surface area (Å²) in [6, 6.07) is 7.08. The molecule has 9 heteroatoms. The summed E-state index contributed by atoms with van der Waals surface area (Å²) in [5.41, 5.74) is 0.462. The monoisotopic (exact) mass is 368 g/mol. The van der Waals surface area contributed by atoms with Gasteiger partial charge in [0.2, 0.25) is 11.7 Å². The fraction of sp³-hybridized carbons (Fsp3) is 0.389. The number of carbonyl (C=O) groups excluding carboxylic acids is 1. The SMILES string of the molecule is Cc1nc(COc2ccccc2C(=O)NCCc2nnc3n2CCC3)no1. The van der Waals surface area contributed by atoms with Crippen molar-refractivity contribution in [2.45, 2.75) is 39.3 Å². The van der Waals surface area contributed by atoms with Crippen LogP contribution in [0, 0.1) is 6.92 Å². The van der Waals surface area contributed by atoms with Gasteiger partial charge in [-0.2, -0.15) is 4.98 Å². The third-order valence-corrected chi connectivity index (χ3v) is 4.38. The van der Waals surface area contributed by atoms with E-state index < -0.39 is 0 Å². The second-order valence-electron chi connectivity index (χ2n) is 6.31. The van der Waals surface area contributed by atoms with E-state index in [0.29, 0.717) is 36.0 Å². The fourth-order valence-electron chi connectivity index (χ4n) is 3.10. The number of para-hydroxylation sites is 1. The Kier molecular flexibility index (Phi) is 4.82. The van der Waals surface area contributed by atoms with Crippen LogP contribution in [0.2, 0.25) is 0 Å². The minimum atomic E-state index is -0.198. The Labute approximate surface area is 155 Å². The van der Waals surface area contributed by atoms with Crippen molar-refractivity contribution in [1.29, 1.82) is 0 Å². The Bertz CT molecular complexity index is 948. The van der Waals surface area contributed by atoms with E-state index in [1.165, 1.54) is 0 Å². The van der Waals surface area contributed by atoms with E-state index in [1.807, 2.05) is 6.07 Å². The van der Waals surface area contributed by atoms with Gasteiger partial charge >= 0.3 is 0 Å². The zero-order chi connectivity index (χ0) is 18.6. The first-order valence-corrected chi connectivity index (χ1v) is 8.91. The zero-order valence-corrected chi connectivity index (χ0v) is 15.0. The highest BCUT2D eigenvalue weighted by Crippen LogP contribution is 2.19. The lowest BCUT2D eigenvalue weighted by atomic mass is 10.2. The van der Waals surface area contributed by atoms with Gasteiger partial charge < -0.3 is 19.1 Å². The highest BCUT2D eigenvalue weighted by Gasteiger charge is 2.18. The number of nitrogens with one attached hydrogen (secondary N) is 1. The normalized spacial score (nSPS) is 12.8. The van der Waals surface area contributed by atoms with Crippen LogP contribution in [-0.4, -0.2) is 37.4 Å². The topological polar surface area (TPSA) is 108 Å². The van der Waals surface area contributed by atoms with Crippen molar-refractivity contribution in [2.24, 2.45) is 0 Å². The lowest BCUT2D eigenvalue weighted by molar-refractivity contribution is 0.0949. The van der Waals surface area contributed by atoms with Crippen molar-refractivity contribution in [1.82, 2.24) is 30.2 Å². The summed E-state index contributed by atoms with van der Waals surface area (Å²) in [6.07, 6.45) is 2.72. The van der Waals surface area contributed by atoms with Gasteiger partial charge in [0, 0.05) is 32.9 Å². The summed E-state index contributed by atoms with van der Waals surface area (Å²) >= 11 is 0. The summed E-state index contributed by atoms with van der Waals surface area (Å²) in [5.74, 6) is 3.13. The highest BCUT2D eigenvalue weighted by molar-refractivity contribution is 5.96. The van der Waals surface area contributed by atoms with Gasteiger partial charge in [0.25, 0.3) is 5.91 Å². The molecule has 3 aromatic rings. The summed E-state index contributed by atoms with van der Waals surface area (Å²) in [7, 11) is 0. The molecule has 3 heterocycles. The lowest BCUT2D eigenvalue weighted by Crippen LogP contribution is -2.27. The number of hydrogen-bond donors (Lipinski definition) is 1. The lowest BCUT2D eigenvalue weighted by Gasteiger charge is -2.10. The number of amides is 1. The first kappa shape index (κ1) is 17.2. The fourth-order valence-corrected chi connectivity index (χ4v) is 3.10. The molecular formula is C18H20N6O3. The Morgan fingerprint density at radius 1 is 1.33 bits per heavy atom. The average molecular weight is 368 g/mol. The molecule has 9 nitrogen and oxygen atoms in total. The molecule has 1 aromatic carbocycles. The number of benzene rings is 1. The zero-order valence-electron chi connectivity index (χ0n) is 15.0. The molecule has 140 valence electrons. The van der Waals surface area contributed by atoms with Crippen molar-refractivity contribution in [3.63, 3.8) is 0 Å². The summed E-state index contributed by atoms with van der Waals surface area (Å²) < 4.78 is 12.8. The molecule has 0 bridgehead atoms. The molecule has 0 radical (unpaired) electrons. The molecular weight excluding hydrogens is 348 g/mol. The molecule has 0 saturated carbocycles. The second kappa shape index (κ2) is 7.56. The molecule has 0 atom stereocenters. The van der Waals surface area contributed by atoms with E-state index in [-0.39, 0.29) is 12.5 Å². The van der Waals surface area contributed by atoms with Crippen molar-refractivity contribution in [3.8, 4) is 5.75 Å². The maximum atomic E-state index is 12.6. The average Bonchev–Trinajstić information content (AvgIpc) is 3.38. The van der Waals surface area contributed by atoms with E-state index >= 15 is 0 Å². The molecule has 0 unspecified atom stereocenters. The molecule has 1 N–H and O–H groups in total. The van der Waals surface area contributed by atoms with Crippen LogP contribution < -0.4 is 10.1 Å². The van der Waals surface area contributed by atoms with E-state index in [2.05, 4.69) is 30.2 Å². The molecule has 0 saturated heterocycles. The number of nitrogens with zero attached hydrogens (tertiary/aromatic N) is 5. The molecule has 4 rings (SSSR count). The van der Waals surface area contributed by atoms with Crippen LogP contribution in [0.25, 0.3) is 0 Å². The Balaban J connectivity index is 1.35. The molecule has 0 spiro atoms. The number of fused-ring (bicyclic) bond motifs is 1. The van der Waals surface area contributed by atoms with Crippen LogP contribution in [0.15, 0.2) is 28.8 Å². The molecule has 27 heavy (non-hydrogen) atoms. The Hall–Kier alpha value is -3.23. The van der Waals surface area contributed by atoms with Crippen LogP contribution >= 0.6 is 0 Å². The first-order chi connectivity index (χ1) is 13.2. The Morgan fingerprint density at radius 3 is 3.07 bits per heavy atom. The second-order valence-corrected chi connectivity index (χ2v) is 6.31. The summed E-state index contributed by atoms with van der Waals surface area (Å²) in [5, 5.41) is 15.1. The van der Waals surface area contributed by atoms with E-state index in [1.54, 1.807) is 25.1 Å². The third-order valence-electron chi connectivity index (χ3n) is 4.38. The van der Waals surface area contributed by atoms with E-state index in [4.69, 9.17) is 9.26 Å². The van der Waals surface area contributed by atoms with Crippen molar-refractivity contribution >= 4 is 5.91 Å². The molecule has 0 fully saturated rings. The molecule has 1 aliphatic rings. The van der Waals surface area contributed by atoms with Crippen molar-refractivity contribution in [2.75, 3.05) is 6.54 Å². The van der Waals surface area contributed by atoms with Crippen LogP contribution in [0.1, 0.15) is 40.1 Å². The maximum Gasteiger partial charge on any atom is 0.255 e. The molecule has 1 aliphatic heterocycles. The predicted octanol–water partition coefficient (Wildman–Crippen LogP) is 1.47. The molecule has 0 aliphatic carbocycles. The number of aromatic nitrogens is 5. The van der Waals surface area contributed by atoms with Gasteiger partial charge in [-0.1, -0.05) is 17.3 Å². The number of hydrogen-bond acceptors (Lipinski definition) is 7. The minimum absolute atomic E-state index is 0.132. The molecule has 1 amide bonds. The molecule has 2 aromatic heterocycles. The van der Waals surface area contributed by atoms with Crippen molar-refractivity contribution < 1.29 is 14.1 Å². The summed E-state index contributed by atoms with van der Waals surface area (Å²) in [6.45, 7) is 3.28. The standard InChI is InChI=1S/C18H20N6O3/c1-12-20-15(23-27-12)11-26-14-6-3-2-5-13(14)18(25)19-9-8-17-22-21-16-7-4-10-24(16)17/h2-3,5-6H,4,7-11H2,1H3,(H,19,25). The number of ether oxygens (including phenoxy) is 1. The van der Waals surface area contributed by atoms with Crippen LogP contribution in [0.3, 0.4) is 0 Å². The van der Waals surface area contributed by atoms with Gasteiger partial charge in [-0.15, -0.1) is 10.2 Å². The van der Waals surface area contributed by atoms with Gasteiger partial charge in [0.05, 0.1) is 5.56 Å². The minimum Gasteiger partial charge on any atom is -0.485 e. The summed E-state index contributed by atoms with van der Waals surface area (Å²) in [4.78, 5) is 16.6. The largest absolute Gasteiger partial charge is 0.485 e. The smallest absolute Gasteiger partial charge is 0.255 e. The van der Waals surface area contributed by atoms with Crippen LogP contribution in [0.5, 0.6) is 5.75 Å². The van der Waals surface area contributed by atoms with Gasteiger partial charge in [0.15, 0.2) is 6.61 Å². The van der Waals surface area contributed by atoms with Crippen LogP contribution in [-0.2, 0) is 26.0 Å². The highest BCUT2D eigenvalue weighted by atomic mass is 16.5. The van der Waals surface area contributed by atoms with E-state index in [0.717, 1.165) is 31.0 Å². The first-order valence-electron chi connectivity index (χ1n) is 8.91. The van der Waals surface area contributed by atoms with Gasteiger partial charge in [-0.05, 0) is 18.6 Å². The predicted molar refractivity (Wildman–Crippen MR) is 94.2 cm³/mol. The number of rotatable bonds is 7. The van der Waals surface area contributed by atoms with Gasteiger partial charge in [-0.3, -0.25) is 4.79 Å². The number of aryl methyl sites for hydroxylation is 2. The quantitative estimate of drug-likeness (QED) is 0.673.